The Morgan fingerprint density at radius 2 is 1.95 bits per heavy atom. The average molecular weight is 274 g/mol. The SMILES string of the molecule is O=C(NCc1cc(C2CC2)ncn1)NC1CCCCC1. The molecule has 0 aromatic carbocycles. The Bertz CT molecular complexity index is 467. The zero-order chi connectivity index (χ0) is 13.8. The van der Waals surface area contributed by atoms with E-state index in [1.54, 1.807) is 6.33 Å². The topological polar surface area (TPSA) is 66.9 Å². The summed E-state index contributed by atoms with van der Waals surface area (Å²) in [6.45, 7) is 0.473. The van der Waals surface area contributed by atoms with E-state index in [1.165, 1.54) is 32.1 Å². The number of carbonyl (C=O) groups excluding carboxylic acids is 1. The molecule has 0 saturated heterocycles. The van der Waals surface area contributed by atoms with E-state index in [0.717, 1.165) is 24.2 Å². The second-order valence-corrected chi connectivity index (χ2v) is 5.87. The monoisotopic (exact) mass is 274 g/mol. The lowest BCUT2D eigenvalue weighted by molar-refractivity contribution is 0.232. The Labute approximate surface area is 119 Å². The van der Waals surface area contributed by atoms with Crippen molar-refractivity contribution in [2.24, 2.45) is 0 Å². The van der Waals surface area contributed by atoms with Gasteiger partial charge in [0.25, 0.3) is 0 Å². The van der Waals surface area contributed by atoms with Gasteiger partial charge in [-0.25, -0.2) is 14.8 Å². The van der Waals surface area contributed by atoms with Gasteiger partial charge in [0.1, 0.15) is 6.33 Å². The molecule has 2 aliphatic carbocycles. The van der Waals surface area contributed by atoms with E-state index < -0.39 is 0 Å². The summed E-state index contributed by atoms with van der Waals surface area (Å²) in [5, 5.41) is 5.94. The quantitative estimate of drug-likeness (QED) is 0.886. The molecule has 0 radical (unpaired) electrons. The maximum atomic E-state index is 11.9. The molecular weight excluding hydrogens is 252 g/mol. The highest BCUT2D eigenvalue weighted by Gasteiger charge is 2.25. The molecule has 5 nitrogen and oxygen atoms in total. The molecule has 2 amide bonds. The molecule has 0 unspecified atom stereocenters. The van der Waals surface area contributed by atoms with Crippen LogP contribution in [0.3, 0.4) is 0 Å². The van der Waals surface area contributed by atoms with Gasteiger partial charge in [0.15, 0.2) is 0 Å². The predicted molar refractivity (Wildman–Crippen MR) is 76.3 cm³/mol. The standard InChI is InChI=1S/C15H22N4O/c20-15(19-12-4-2-1-3-5-12)16-9-13-8-14(11-6-7-11)18-10-17-13/h8,10-12H,1-7,9H2,(H2,16,19,20). The fraction of sp³-hybridized carbons (Fsp3) is 0.667. The van der Waals surface area contributed by atoms with Crippen LogP contribution in [0.5, 0.6) is 0 Å². The lowest BCUT2D eigenvalue weighted by Gasteiger charge is -2.22. The van der Waals surface area contributed by atoms with Crippen molar-refractivity contribution < 1.29 is 4.79 Å². The van der Waals surface area contributed by atoms with Crippen molar-refractivity contribution in [3.8, 4) is 0 Å². The maximum absolute atomic E-state index is 11.9. The van der Waals surface area contributed by atoms with Crippen LogP contribution >= 0.6 is 0 Å². The molecule has 0 bridgehead atoms. The molecule has 0 aliphatic heterocycles. The van der Waals surface area contributed by atoms with Crippen molar-refractivity contribution in [2.45, 2.75) is 63.5 Å². The molecule has 3 rings (SSSR count). The van der Waals surface area contributed by atoms with Crippen molar-refractivity contribution in [3.05, 3.63) is 23.8 Å². The van der Waals surface area contributed by atoms with Crippen molar-refractivity contribution in [2.75, 3.05) is 0 Å². The molecule has 2 aliphatic rings. The van der Waals surface area contributed by atoms with Crippen LogP contribution in [0.1, 0.15) is 62.3 Å². The van der Waals surface area contributed by atoms with Gasteiger partial charge in [0, 0.05) is 17.7 Å². The second kappa shape index (κ2) is 6.20. The number of rotatable bonds is 4. The number of urea groups is 1. The number of nitrogens with zero attached hydrogens (tertiary/aromatic N) is 2. The zero-order valence-electron chi connectivity index (χ0n) is 11.8. The number of carbonyl (C=O) groups is 1. The third-order valence-corrected chi connectivity index (χ3v) is 4.11. The summed E-state index contributed by atoms with van der Waals surface area (Å²) in [4.78, 5) is 20.3. The van der Waals surface area contributed by atoms with Gasteiger partial charge in [0.05, 0.1) is 12.2 Å². The molecule has 2 N–H and O–H groups in total. The predicted octanol–water partition coefficient (Wildman–Crippen LogP) is 2.49. The number of hydrogen-bond acceptors (Lipinski definition) is 3. The molecule has 5 heteroatoms. The van der Waals surface area contributed by atoms with Gasteiger partial charge in [-0.15, -0.1) is 0 Å². The molecule has 2 fully saturated rings. The van der Waals surface area contributed by atoms with Crippen LogP contribution < -0.4 is 10.6 Å². The van der Waals surface area contributed by atoms with Gasteiger partial charge in [-0.2, -0.15) is 0 Å². The Balaban J connectivity index is 1.46. The number of hydrogen-bond donors (Lipinski definition) is 2. The Hall–Kier alpha value is -1.65. The molecular formula is C15H22N4O. The summed E-state index contributed by atoms with van der Waals surface area (Å²) < 4.78 is 0. The summed E-state index contributed by atoms with van der Waals surface area (Å²) in [6, 6.07) is 2.28. The van der Waals surface area contributed by atoms with Crippen LogP contribution in [-0.2, 0) is 6.54 Å². The highest BCUT2D eigenvalue weighted by atomic mass is 16.2. The van der Waals surface area contributed by atoms with Crippen molar-refractivity contribution in [3.63, 3.8) is 0 Å². The van der Waals surface area contributed by atoms with Crippen LogP contribution in [-0.4, -0.2) is 22.0 Å². The minimum atomic E-state index is -0.0801. The minimum Gasteiger partial charge on any atom is -0.335 e. The van der Waals surface area contributed by atoms with E-state index in [9.17, 15) is 4.79 Å². The van der Waals surface area contributed by atoms with Crippen LogP contribution in [0.4, 0.5) is 4.79 Å². The molecule has 1 heterocycles. The largest absolute Gasteiger partial charge is 0.335 e. The fourth-order valence-electron chi connectivity index (χ4n) is 2.77. The van der Waals surface area contributed by atoms with Crippen LogP contribution in [0.25, 0.3) is 0 Å². The second-order valence-electron chi connectivity index (χ2n) is 5.87. The summed E-state index contributed by atoms with van der Waals surface area (Å²) in [5.74, 6) is 0.618. The lowest BCUT2D eigenvalue weighted by atomic mass is 9.96. The molecule has 1 aromatic rings. The van der Waals surface area contributed by atoms with Gasteiger partial charge >= 0.3 is 6.03 Å². The van der Waals surface area contributed by atoms with Gasteiger partial charge in [0.2, 0.25) is 0 Å². The first-order chi connectivity index (χ1) is 9.81. The highest BCUT2D eigenvalue weighted by molar-refractivity contribution is 5.74. The van der Waals surface area contributed by atoms with E-state index >= 15 is 0 Å². The van der Waals surface area contributed by atoms with Crippen molar-refractivity contribution >= 4 is 6.03 Å². The van der Waals surface area contributed by atoms with E-state index in [1.807, 2.05) is 6.07 Å². The number of nitrogens with one attached hydrogen (secondary N) is 2. The summed E-state index contributed by atoms with van der Waals surface area (Å²) in [7, 11) is 0. The number of amides is 2. The molecule has 2 saturated carbocycles. The first-order valence-corrected chi connectivity index (χ1v) is 7.66. The van der Waals surface area contributed by atoms with Crippen LogP contribution in [0.15, 0.2) is 12.4 Å². The third kappa shape index (κ3) is 3.68. The average Bonchev–Trinajstić information content (AvgIpc) is 3.31. The van der Waals surface area contributed by atoms with E-state index in [2.05, 4.69) is 20.6 Å². The molecule has 1 aromatic heterocycles. The molecule has 0 atom stereocenters. The summed E-state index contributed by atoms with van der Waals surface area (Å²) >= 11 is 0. The Kier molecular flexibility index (Phi) is 4.14. The highest BCUT2D eigenvalue weighted by Crippen LogP contribution is 2.38. The third-order valence-electron chi connectivity index (χ3n) is 4.11. The zero-order valence-corrected chi connectivity index (χ0v) is 11.8. The van der Waals surface area contributed by atoms with Crippen molar-refractivity contribution in [1.82, 2.24) is 20.6 Å². The summed E-state index contributed by atoms with van der Waals surface area (Å²) in [6.07, 6.45) is 10.0. The molecule has 20 heavy (non-hydrogen) atoms. The fourth-order valence-corrected chi connectivity index (χ4v) is 2.77. The maximum Gasteiger partial charge on any atom is 0.315 e. The normalized spacial score (nSPS) is 19.6. The van der Waals surface area contributed by atoms with Gasteiger partial charge in [-0.1, -0.05) is 19.3 Å². The van der Waals surface area contributed by atoms with Gasteiger partial charge in [-0.05, 0) is 31.7 Å². The van der Waals surface area contributed by atoms with E-state index in [0.29, 0.717) is 18.5 Å². The smallest absolute Gasteiger partial charge is 0.315 e. The van der Waals surface area contributed by atoms with Gasteiger partial charge < -0.3 is 10.6 Å². The first kappa shape index (κ1) is 13.3. The minimum absolute atomic E-state index is 0.0801. The van der Waals surface area contributed by atoms with E-state index in [-0.39, 0.29) is 6.03 Å². The first-order valence-electron chi connectivity index (χ1n) is 7.66. The van der Waals surface area contributed by atoms with Crippen LogP contribution in [0.2, 0.25) is 0 Å². The molecule has 0 spiro atoms. The van der Waals surface area contributed by atoms with Gasteiger partial charge in [-0.3, -0.25) is 0 Å². The number of aromatic nitrogens is 2. The van der Waals surface area contributed by atoms with Crippen molar-refractivity contribution in [1.29, 1.82) is 0 Å². The Morgan fingerprint density at radius 3 is 2.70 bits per heavy atom. The summed E-state index contributed by atoms with van der Waals surface area (Å²) in [5.41, 5.74) is 2.00. The van der Waals surface area contributed by atoms with E-state index in [4.69, 9.17) is 0 Å². The molecule has 108 valence electrons. The lowest BCUT2D eigenvalue weighted by Crippen LogP contribution is -2.42. The van der Waals surface area contributed by atoms with Crippen LogP contribution in [0, 0.1) is 0 Å². The Morgan fingerprint density at radius 1 is 1.15 bits per heavy atom.